The fraction of sp³-hybridized carbons (Fsp3) is 0.318. The summed E-state index contributed by atoms with van der Waals surface area (Å²) in [6.45, 7) is 4.34. The topological polar surface area (TPSA) is 58.6 Å². The Labute approximate surface area is 160 Å². The average Bonchev–Trinajstić information content (AvgIpc) is 3.03. The van der Waals surface area contributed by atoms with Gasteiger partial charge in [-0.3, -0.25) is 4.79 Å². The summed E-state index contributed by atoms with van der Waals surface area (Å²) in [5.74, 6) is -1.13. The van der Waals surface area contributed by atoms with Gasteiger partial charge < -0.3 is 4.98 Å². The molecule has 28 heavy (non-hydrogen) atoms. The van der Waals surface area contributed by atoms with Gasteiger partial charge in [0.1, 0.15) is 11.6 Å². The molecule has 0 aliphatic heterocycles. The molecule has 0 unspecified atom stereocenters. The van der Waals surface area contributed by atoms with Gasteiger partial charge in [0.05, 0.1) is 22.4 Å². The molecule has 1 fully saturated rings. The van der Waals surface area contributed by atoms with E-state index in [4.69, 9.17) is 0 Å². The van der Waals surface area contributed by atoms with Crippen molar-refractivity contribution in [2.24, 2.45) is 5.41 Å². The molecule has 1 aromatic carbocycles. The molecule has 1 saturated carbocycles. The predicted octanol–water partition coefficient (Wildman–Crippen LogP) is 4.31. The first kappa shape index (κ1) is 17.2. The molecular weight excluding hydrogens is 360 g/mol. The third-order valence-corrected chi connectivity index (χ3v) is 6.83. The van der Waals surface area contributed by atoms with Crippen LogP contribution in [0.4, 0.5) is 8.78 Å². The number of aromatic nitrogens is 3. The van der Waals surface area contributed by atoms with Crippen LogP contribution >= 0.6 is 0 Å². The van der Waals surface area contributed by atoms with Crippen LogP contribution < -0.4 is 5.56 Å². The highest BCUT2D eigenvalue weighted by molar-refractivity contribution is 5.64. The van der Waals surface area contributed by atoms with Crippen molar-refractivity contribution in [2.75, 3.05) is 0 Å². The maximum absolute atomic E-state index is 14.3. The molecule has 4 nitrogen and oxygen atoms in total. The van der Waals surface area contributed by atoms with E-state index in [-0.39, 0.29) is 28.1 Å². The second-order valence-electron chi connectivity index (χ2n) is 8.28. The van der Waals surface area contributed by atoms with Gasteiger partial charge in [-0.2, -0.15) is 5.10 Å². The van der Waals surface area contributed by atoms with Crippen LogP contribution in [0.2, 0.25) is 0 Å². The Morgan fingerprint density at radius 1 is 1.07 bits per heavy atom. The number of fused-ring (bicyclic) bond motifs is 5. The Morgan fingerprint density at radius 3 is 2.50 bits per heavy atom. The number of hydrogen-bond acceptors (Lipinski definition) is 3. The molecule has 2 aliphatic rings. The number of H-pyrrole nitrogens is 1. The predicted molar refractivity (Wildman–Crippen MR) is 101 cm³/mol. The first-order valence-corrected chi connectivity index (χ1v) is 9.38. The van der Waals surface area contributed by atoms with Crippen molar-refractivity contribution in [3.63, 3.8) is 0 Å². The Hall–Kier alpha value is -2.89. The number of aromatic amines is 1. The summed E-state index contributed by atoms with van der Waals surface area (Å²) in [6, 6.07) is 10.7. The molecule has 142 valence electrons. The molecule has 2 bridgehead atoms. The summed E-state index contributed by atoms with van der Waals surface area (Å²) in [6.07, 6.45) is 1.77. The van der Waals surface area contributed by atoms with E-state index in [1.807, 2.05) is 6.07 Å². The van der Waals surface area contributed by atoms with Crippen molar-refractivity contribution in [1.29, 1.82) is 0 Å². The van der Waals surface area contributed by atoms with E-state index in [9.17, 15) is 13.6 Å². The summed E-state index contributed by atoms with van der Waals surface area (Å²) in [4.78, 5) is 15.0. The van der Waals surface area contributed by atoms with Gasteiger partial charge in [0.25, 0.3) is 0 Å². The average molecular weight is 379 g/mol. The van der Waals surface area contributed by atoms with Crippen molar-refractivity contribution >= 4 is 0 Å². The van der Waals surface area contributed by atoms with Crippen molar-refractivity contribution in [2.45, 2.75) is 38.0 Å². The Bertz CT molecular complexity index is 1150. The van der Waals surface area contributed by atoms with Gasteiger partial charge in [-0.25, -0.2) is 8.78 Å². The van der Waals surface area contributed by atoms with Crippen LogP contribution in [0.15, 0.2) is 47.3 Å². The Morgan fingerprint density at radius 2 is 1.79 bits per heavy atom. The summed E-state index contributed by atoms with van der Waals surface area (Å²) >= 11 is 0. The van der Waals surface area contributed by atoms with Gasteiger partial charge in [0.15, 0.2) is 0 Å². The third kappa shape index (κ3) is 2.00. The van der Waals surface area contributed by atoms with Gasteiger partial charge in [-0.05, 0) is 54.0 Å². The molecule has 2 atom stereocenters. The molecule has 6 heteroatoms. The van der Waals surface area contributed by atoms with E-state index >= 15 is 0 Å². The highest BCUT2D eigenvalue weighted by Gasteiger charge is 2.64. The Kier molecular flexibility index (Phi) is 3.42. The number of nitrogens with one attached hydrogen (secondary N) is 1. The largest absolute Gasteiger partial charge is 0.325 e. The van der Waals surface area contributed by atoms with E-state index in [0.717, 1.165) is 29.8 Å². The SMILES string of the molecule is CC1(C)[C@H]2CC[C@]1(c1cccc(=O)[nH]1)c1nnc(-c3c(F)cccc3F)cc12. The van der Waals surface area contributed by atoms with Crippen molar-refractivity contribution in [1.82, 2.24) is 15.2 Å². The maximum atomic E-state index is 14.3. The molecule has 0 radical (unpaired) electrons. The van der Waals surface area contributed by atoms with Gasteiger partial charge in [0.2, 0.25) is 5.56 Å². The summed E-state index contributed by atoms with van der Waals surface area (Å²) in [5, 5.41) is 8.67. The summed E-state index contributed by atoms with van der Waals surface area (Å²) in [7, 11) is 0. The van der Waals surface area contributed by atoms with E-state index in [1.54, 1.807) is 12.1 Å². The minimum atomic E-state index is -0.654. The number of halogens is 2. The molecule has 2 aromatic heterocycles. The highest BCUT2D eigenvalue weighted by atomic mass is 19.1. The van der Waals surface area contributed by atoms with Crippen LogP contribution in [0.5, 0.6) is 0 Å². The molecule has 3 aromatic rings. The monoisotopic (exact) mass is 379 g/mol. The van der Waals surface area contributed by atoms with Crippen LogP contribution in [0.1, 0.15) is 49.6 Å². The molecule has 5 rings (SSSR count). The number of rotatable bonds is 2. The Balaban J connectivity index is 1.75. The van der Waals surface area contributed by atoms with E-state index < -0.39 is 17.0 Å². The van der Waals surface area contributed by atoms with E-state index in [1.165, 1.54) is 24.3 Å². The van der Waals surface area contributed by atoms with Crippen molar-refractivity contribution < 1.29 is 8.78 Å². The summed E-state index contributed by atoms with van der Waals surface area (Å²) < 4.78 is 28.5. The van der Waals surface area contributed by atoms with Gasteiger partial charge in [-0.1, -0.05) is 26.0 Å². The lowest BCUT2D eigenvalue weighted by atomic mass is 9.66. The second kappa shape index (κ2) is 5.56. The number of benzene rings is 1. The van der Waals surface area contributed by atoms with Crippen molar-refractivity contribution in [3.05, 3.63) is 81.4 Å². The van der Waals surface area contributed by atoms with E-state index in [2.05, 4.69) is 29.0 Å². The zero-order chi connectivity index (χ0) is 19.7. The third-order valence-electron chi connectivity index (χ3n) is 6.83. The zero-order valence-corrected chi connectivity index (χ0v) is 15.6. The molecule has 2 heterocycles. The molecular formula is C22H19F2N3O. The van der Waals surface area contributed by atoms with Crippen LogP contribution in [0.25, 0.3) is 11.3 Å². The lowest BCUT2D eigenvalue weighted by molar-refractivity contribution is 0.242. The van der Waals surface area contributed by atoms with Crippen LogP contribution in [-0.2, 0) is 5.41 Å². The van der Waals surface area contributed by atoms with Crippen molar-refractivity contribution in [3.8, 4) is 11.3 Å². The second-order valence-corrected chi connectivity index (χ2v) is 8.28. The lowest BCUT2D eigenvalue weighted by Gasteiger charge is -2.37. The number of hydrogen-bond donors (Lipinski definition) is 1. The highest BCUT2D eigenvalue weighted by Crippen LogP contribution is 2.69. The smallest absolute Gasteiger partial charge is 0.248 e. The van der Waals surface area contributed by atoms with Crippen LogP contribution in [0, 0.1) is 17.0 Å². The first-order valence-electron chi connectivity index (χ1n) is 9.38. The molecule has 2 aliphatic carbocycles. The molecule has 1 N–H and O–H groups in total. The van der Waals surface area contributed by atoms with E-state index in [0.29, 0.717) is 0 Å². The quantitative estimate of drug-likeness (QED) is 0.722. The van der Waals surface area contributed by atoms with Gasteiger partial charge >= 0.3 is 0 Å². The summed E-state index contributed by atoms with van der Waals surface area (Å²) in [5.41, 5.74) is 1.82. The molecule has 0 spiro atoms. The fourth-order valence-corrected chi connectivity index (χ4v) is 5.48. The molecule has 0 saturated heterocycles. The number of nitrogens with zero attached hydrogens (tertiary/aromatic N) is 2. The maximum Gasteiger partial charge on any atom is 0.248 e. The minimum Gasteiger partial charge on any atom is -0.325 e. The standard InChI is InChI=1S/C22H19F2N3O/c1-21(2)13-9-10-22(21,17-7-4-8-18(28)25-17)20-12(13)11-16(26-27-20)19-14(23)5-3-6-15(19)24/h3-8,11,13H,9-10H2,1-2H3,(H,25,28)/t13-,22-/m0/s1. The first-order chi connectivity index (χ1) is 13.4. The van der Waals surface area contributed by atoms with Gasteiger partial charge in [0, 0.05) is 11.8 Å². The van der Waals surface area contributed by atoms with Gasteiger partial charge in [-0.15, -0.1) is 5.10 Å². The molecule has 0 amide bonds. The number of pyridine rings is 1. The minimum absolute atomic E-state index is 0.152. The fourth-order valence-electron chi connectivity index (χ4n) is 5.48. The lowest BCUT2D eigenvalue weighted by Crippen LogP contribution is -2.38. The van der Waals surface area contributed by atoms with Crippen LogP contribution in [0.3, 0.4) is 0 Å². The zero-order valence-electron chi connectivity index (χ0n) is 15.6. The normalized spacial score (nSPS) is 24.4. The van der Waals surface area contributed by atoms with Crippen LogP contribution in [-0.4, -0.2) is 15.2 Å².